The van der Waals surface area contributed by atoms with E-state index in [-0.39, 0.29) is 5.97 Å². The number of aryl methyl sites for hydroxylation is 4. The Kier molecular flexibility index (Phi) is 8.18. The van der Waals surface area contributed by atoms with E-state index in [4.69, 9.17) is 31.3 Å². The minimum Gasteiger partial charge on any atom is -0.493 e. The van der Waals surface area contributed by atoms with Gasteiger partial charge in [-0.1, -0.05) is 41.9 Å². The molecular weight excluding hydrogens is 644 g/mol. The van der Waals surface area contributed by atoms with Crippen molar-refractivity contribution < 1.29 is 14.3 Å². The topological polar surface area (TPSA) is 88.1 Å². The third-order valence-corrected chi connectivity index (χ3v) is 10.9. The molecule has 1 N–H and O–H groups in total. The Hall–Kier alpha value is -4.25. The lowest BCUT2D eigenvalue weighted by Crippen LogP contribution is -2.15. The second-order valence-electron chi connectivity index (χ2n) is 12.5. The molecule has 8 rings (SSSR count). The van der Waals surface area contributed by atoms with Crippen molar-refractivity contribution in [1.29, 1.82) is 0 Å². The van der Waals surface area contributed by atoms with Crippen LogP contribution in [-0.4, -0.2) is 43.8 Å². The SMILES string of the molecule is COC(=O)c1c2c3ccc(Cl)c(c3n1C)-c1c(nn3c1CCC3)CNCc1cc(n(C)n1)CSc1cc(c3ccccc3c1)OCCC2. The summed E-state index contributed by atoms with van der Waals surface area (Å²) in [5, 5.41) is 17.3. The van der Waals surface area contributed by atoms with Crippen LogP contribution in [0.2, 0.25) is 5.02 Å². The maximum absolute atomic E-state index is 13.4. The minimum absolute atomic E-state index is 0.367. The molecule has 3 aromatic carbocycles. The van der Waals surface area contributed by atoms with E-state index in [1.807, 2.05) is 41.5 Å². The molecule has 0 aliphatic carbocycles. The first-order chi connectivity index (χ1) is 23.4. The monoisotopic (exact) mass is 680 g/mol. The Morgan fingerprint density at radius 1 is 1.00 bits per heavy atom. The number of rotatable bonds is 1. The Balaban J connectivity index is 1.27. The molecule has 5 heterocycles. The van der Waals surface area contributed by atoms with Gasteiger partial charge in [-0.3, -0.25) is 9.36 Å². The number of nitrogens with one attached hydrogen (secondary N) is 1. The summed E-state index contributed by atoms with van der Waals surface area (Å²) in [5.41, 5.74) is 8.61. The number of methoxy groups -OCH3 is 1. The van der Waals surface area contributed by atoms with Gasteiger partial charge in [-0.25, -0.2) is 4.79 Å². The molecule has 2 aliphatic heterocycles. The van der Waals surface area contributed by atoms with E-state index < -0.39 is 0 Å². The van der Waals surface area contributed by atoms with Crippen LogP contribution in [0.4, 0.5) is 0 Å². The molecule has 0 atom stereocenters. The van der Waals surface area contributed by atoms with E-state index in [2.05, 4.69) is 46.4 Å². The fourth-order valence-corrected chi connectivity index (χ4v) is 8.62. The molecule has 0 saturated heterocycles. The van der Waals surface area contributed by atoms with E-state index >= 15 is 0 Å². The second-order valence-corrected chi connectivity index (χ2v) is 14.0. The number of benzene rings is 3. The molecular formula is C37H37ClN6O3S. The van der Waals surface area contributed by atoms with Gasteiger partial charge in [-0.05, 0) is 60.9 Å². The third-order valence-electron chi connectivity index (χ3n) is 9.59. The van der Waals surface area contributed by atoms with Gasteiger partial charge in [0.2, 0.25) is 0 Å². The van der Waals surface area contributed by atoms with Crippen molar-refractivity contribution in [3.05, 3.63) is 93.7 Å². The zero-order valence-electron chi connectivity index (χ0n) is 27.3. The molecule has 8 bridgehead atoms. The van der Waals surface area contributed by atoms with Gasteiger partial charge in [0.05, 0.1) is 35.6 Å². The van der Waals surface area contributed by atoms with Gasteiger partial charge in [-0.15, -0.1) is 11.8 Å². The molecule has 0 amide bonds. The Bertz CT molecular complexity index is 2220. The summed E-state index contributed by atoms with van der Waals surface area (Å²) < 4.78 is 17.9. The first-order valence-electron chi connectivity index (χ1n) is 16.4. The number of fused-ring (bicyclic) bond motifs is 10. The van der Waals surface area contributed by atoms with Crippen molar-refractivity contribution in [3.63, 3.8) is 0 Å². The number of aromatic nitrogens is 5. The highest BCUT2D eigenvalue weighted by molar-refractivity contribution is 7.98. The van der Waals surface area contributed by atoms with Crippen molar-refractivity contribution in [2.75, 3.05) is 13.7 Å². The van der Waals surface area contributed by atoms with Crippen molar-refractivity contribution in [2.24, 2.45) is 14.1 Å². The molecule has 0 fully saturated rings. The van der Waals surface area contributed by atoms with Crippen LogP contribution < -0.4 is 10.1 Å². The number of thioether (sulfide) groups is 1. The Morgan fingerprint density at radius 2 is 1.88 bits per heavy atom. The quantitative estimate of drug-likeness (QED) is 0.184. The van der Waals surface area contributed by atoms with Gasteiger partial charge < -0.3 is 19.4 Å². The van der Waals surface area contributed by atoms with Crippen molar-refractivity contribution in [3.8, 4) is 16.9 Å². The molecule has 0 unspecified atom stereocenters. The van der Waals surface area contributed by atoms with Gasteiger partial charge in [0.15, 0.2) is 0 Å². The Morgan fingerprint density at radius 3 is 2.75 bits per heavy atom. The molecule has 48 heavy (non-hydrogen) atoms. The van der Waals surface area contributed by atoms with Crippen LogP contribution in [0.15, 0.2) is 59.5 Å². The first-order valence-corrected chi connectivity index (χ1v) is 17.8. The summed E-state index contributed by atoms with van der Waals surface area (Å²) in [6.07, 6.45) is 3.31. The summed E-state index contributed by atoms with van der Waals surface area (Å²) in [6.45, 7) is 2.53. The van der Waals surface area contributed by atoms with Crippen LogP contribution in [-0.2, 0) is 57.1 Å². The first kappa shape index (κ1) is 31.0. The van der Waals surface area contributed by atoms with Gasteiger partial charge in [0.25, 0.3) is 0 Å². The lowest BCUT2D eigenvalue weighted by Gasteiger charge is -2.13. The summed E-state index contributed by atoms with van der Waals surface area (Å²) in [6, 6.07) is 18.9. The number of hydrogen-bond donors (Lipinski definition) is 1. The maximum atomic E-state index is 13.4. The van der Waals surface area contributed by atoms with Gasteiger partial charge >= 0.3 is 5.97 Å². The normalized spacial score (nSPS) is 15.2. The summed E-state index contributed by atoms with van der Waals surface area (Å²) >= 11 is 8.89. The minimum atomic E-state index is -0.367. The van der Waals surface area contributed by atoms with Crippen LogP contribution in [0.5, 0.6) is 5.75 Å². The molecule has 3 aromatic heterocycles. The van der Waals surface area contributed by atoms with Crippen LogP contribution in [0.3, 0.4) is 0 Å². The summed E-state index contributed by atoms with van der Waals surface area (Å²) in [4.78, 5) is 14.5. The van der Waals surface area contributed by atoms with Crippen molar-refractivity contribution >= 4 is 51.0 Å². The van der Waals surface area contributed by atoms with E-state index in [1.54, 1.807) is 11.8 Å². The van der Waals surface area contributed by atoms with Crippen LogP contribution >= 0.6 is 23.4 Å². The molecule has 0 radical (unpaired) electrons. The zero-order chi connectivity index (χ0) is 32.9. The molecule has 246 valence electrons. The van der Waals surface area contributed by atoms with Crippen molar-refractivity contribution in [2.45, 2.75) is 56.0 Å². The third kappa shape index (κ3) is 5.36. The van der Waals surface area contributed by atoms with E-state index in [9.17, 15) is 4.79 Å². The lowest BCUT2D eigenvalue weighted by atomic mass is 9.97. The van der Waals surface area contributed by atoms with Crippen molar-refractivity contribution in [1.82, 2.24) is 29.4 Å². The number of halogens is 1. The van der Waals surface area contributed by atoms with Gasteiger partial charge in [0.1, 0.15) is 11.4 Å². The number of esters is 1. The number of carbonyl (C=O) groups is 1. The van der Waals surface area contributed by atoms with E-state index in [0.717, 1.165) is 91.2 Å². The summed E-state index contributed by atoms with van der Waals surface area (Å²) in [5.74, 6) is 1.28. The molecule has 6 aromatic rings. The fraction of sp³-hybridized carbons (Fsp3) is 0.324. The Labute approximate surface area is 288 Å². The largest absolute Gasteiger partial charge is 0.493 e. The van der Waals surface area contributed by atoms with Crippen LogP contribution in [0, 0.1) is 0 Å². The maximum Gasteiger partial charge on any atom is 0.354 e. The predicted molar refractivity (Wildman–Crippen MR) is 190 cm³/mol. The van der Waals surface area contributed by atoms with Gasteiger partial charge in [-0.2, -0.15) is 10.2 Å². The average molecular weight is 681 g/mol. The molecule has 2 aliphatic rings. The lowest BCUT2D eigenvalue weighted by molar-refractivity contribution is 0.0589. The standard InChI is InChI=1S/C37H37ClN6O3S/c1-42-35-28-12-13-29(38)33(35)34-30(41-44-14-6-11-31(34)44)20-39-19-23-17-24(43(2)40-23)21-48-25-16-22-8-4-5-9-26(22)32(18-25)47-15-7-10-27(28)36(42)37(45)46-3/h4-5,8-9,12-13,16-18,39H,6-7,10-11,14-15,19-21H2,1-3H3. The molecule has 0 spiro atoms. The highest BCUT2D eigenvalue weighted by Gasteiger charge is 2.30. The predicted octanol–water partition coefficient (Wildman–Crippen LogP) is 7.22. The van der Waals surface area contributed by atoms with Gasteiger partial charge in [0, 0.05) is 77.7 Å². The highest BCUT2D eigenvalue weighted by atomic mass is 35.5. The van der Waals surface area contributed by atoms with Crippen LogP contribution in [0.25, 0.3) is 32.8 Å². The molecule has 11 heteroatoms. The second kappa shape index (κ2) is 12.7. The van der Waals surface area contributed by atoms with E-state index in [0.29, 0.717) is 43.3 Å². The zero-order valence-corrected chi connectivity index (χ0v) is 28.9. The number of carbonyl (C=O) groups excluding carboxylic acids is 1. The fourth-order valence-electron chi connectivity index (χ4n) is 7.39. The summed E-state index contributed by atoms with van der Waals surface area (Å²) in [7, 11) is 5.37. The molecule has 0 saturated carbocycles. The number of ether oxygens (including phenoxy) is 2. The number of nitrogens with zero attached hydrogens (tertiary/aromatic N) is 5. The molecule has 9 nitrogen and oxygen atoms in total. The highest BCUT2D eigenvalue weighted by Crippen LogP contribution is 2.43. The van der Waals surface area contributed by atoms with Crippen LogP contribution in [0.1, 0.15) is 51.7 Å². The smallest absolute Gasteiger partial charge is 0.354 e. The van der Waals surface area contributed by atoms with E-state index in [1.165, 1.54) is 12.8 Å². The number of hydrogen-bond acceptors (Lipinski definition) is 7. The average Bonchev–Trinajstić information content (AvgIpc) is 3.84.